The highest BCUT2D eigenvalue weighted by molar-refractivity contribution is 5.93. The van der Waals surface area contributed by atoms with Crippen molar-refractivity contribution in [3.63, 3.8) is 0 Å². The van der Waals surface area contributed by atoms with Gasteiger partial charge in [0.1, 0.15) is 29.2 Å². The van der Waals surface area contributed by atoms with Crippen molar-refractivity contribution in [3.8, 4) is 11.6 Å². The number of hydrogen-bond donors (Lipinski definition) is 1. The lowest BCUT2D eigenvalue weighted by atomic mass is 9.98. The molecule has 2 aromatic carbocycles. The molecule has 2 heterocycles. The second kappa shape index (κ2) is 19.4. The fourth-order valence-electron chi connectivity index (χ4n) is 5.71. The molecule has 0 bridgehead atoms. The van der Waals surface area contributed by atoms with Gasteiger partial charge in [-0.05, 0) is 87.9 Å². The molecule has 2 atom stereocenters. The number of benzene rings is 2. The highest BCUT2D eigenvalue weighted by Gasteiger charge is 2.24. The largest absolute Gasteiger partial charge is 0.479 e. The Labute approximate surface area is 300 Å². The van der Waals surface area contributed by atoms with Crippen LogP contribution < -0.4 is 14.8 Å². The van der Waals surface area contributed by atoms with Gasteiger partial charge in [0.15, 0.2) is 6.10 Å². The van der Waals surface area contributed by atoms with E-state index >= 15 is 0 Å². The number of esters is 2. The maximum atomic E-state index is 13.8. The van der Waals surface area contributed by atoms with Gasteiger partial charge in [0.2, 0.25) is 11.8 Å². The Morgan fingerprint density at radius 2 is 1.57 bits per heavy atom. The summed E-state index contributed by atoms with van der Waals surface area (Å²) in [5.74, 6) is 0.108. The normalized spacial score (nSPS) is 12.3. The molecule has 1 amide bonds. The van der Waals surface area contributed by atoms with Crippen molar-refractivity contribution in [1.29, 1.82) is 0 Å². The number of amides is 1. The molecule has 0 aliphatic carbocycles. The van der Waals surface area contributed by atoms with Crippen molar-refractivity contribution in [1.82, 2.24) is 19.7 Å². The van der Waals surface area contributed by atoms with Crippen molar-refractivity contribution in [2.75, 3.05) is 25.1 Å². The third-order valence-corrected chi connectivity index (χ3v) is 8.34. The first kappa shape index (κ1) is 38.8. The van der Waals surface area contributed by atoms with Crippen LogP contribution in [0.3, 0.4) is 0 Å². The van der Waals surface area contributed by atoms with Gasteiger partial charge in [-0.1, -0.05) is 45.7 Å². The van der Waals surface area contributed by atoms with Crippen LogP contribution in [0.2, 0.25) is 0 Å². The van der Waals surface area contributed by atoms with E-state index in [1.807, 2.05) is 33.0 Å². The summed E-state index contributed by atoms with van der Waals surface area (Å²) in [5, 5.41) is 7.72. The third kappa shape index (κ3) is 10.7. The first-order chi connectivity index (χ1) is 24.7. The second-order valence-electron chi connectivity index (χ2n) is 12.3. The minimum absolute atomic E-state index is 0.0939. The van der Waals surface area contributed by atoms with E-state index in [-0.39, 0.29) is 25.1 Å². The molecule has 0 aliphatic heterocycles. The van der Waals surface area contributed by atoms with E-state index in [2.05, 4.69) is 17.3 Å². The Morgan fingerprint density at radius 1 is 0.843 bits per heavy atom. The molecular formula is C39H51N5O7. The van der Waals surface area contributed by atoms with E-state index in [4.69, 9.17) is 28.9 Å². The summed E-state index contributed by atoms with van der Waals surface area (Å²) in [6.07, 6.45) is 4.89. The Morgan fingerprint density at radius 3 is 2.22 bits per heavy atom. The van der Waals surface area contributed by atoms with Crippen LogP contribution in [-0.2, 0) is 45.4 Å². The lowest BCUT2D eigenvalue weighted by molar-refractivity contribution is -0.151. The smallest absolute Gasteiger partial charge is 0.347 e. The van der Waals surface area contributed by atoms with Gasteiger partial charge in [-0.2, -0.15) is 10.1 Å². The van der Waals surface area contributed by atoms with Gasteiger partial charge in [-0.25, -0.2) is 14.6 Å². The Hall–Kier alpha value is -5.00. The summed E-state index contributed by atoms with van der Waals surface area (Å²) in [5.41, 5.74) is 4.52. The summed E-state index contributed by atoms with van der Waals surface area (Å²) in [6.45, 7) is 10.3. The van der Waals surface area contributed by atoms with E-state index < -0.39 is 18.0 Å². The third-order valence-electron chi connectivity index (χ3n) is 8.34. The average molecular weight is 702 g/mol. The number of anilines is 1. The fraction of sp³-hybridized carbons (Fsp3) is 0.487. The number of nitrogens with one attached hydrogen (secondary N) is 1. The highest BCUT2D eigenvalue weighted by atomic mass is 16.6. The predicted molar refractivity (Wildman–Crippen MR) is 195 cm³/mol. The maximum absolute atomic E-state index is 13.8. The topological polar surface area (TPSA) is 144 Å². The average Bonchev–Trinajstić information content (AvgIpc) is 3.45. The minimum atomic E-state index is -0.697. The molecule has 0 aliphatic rings. The zero-order chi connectivity index (χ0) is 36.8. The number of aromatic nitrogens is 4. The number of carbonyl (C=O) groups excluding carboxylic acids is 3. The van der Waals surface area contributed by atoms with Gasteiger partial charge < -0.3 is 24.3 Å². The number of rotatable bonds is 20. The summed E-state index contributed by atoms with van der Waals surface area (Å²) >= 11 is 0. The second-order valence-corrected chi connectivity index (χ2v) is 12.3. The number of carbonyl (C=O) groups is 3. The Bertz CT molecular complexity index is 1740. The number of ether oxygens (including phenoxy) is 4. The van der Waals surface area contributed by atoms with Crippen LogP contribution in [-0.4, -0.2) is 63.5 Å². The van der Waals surface area contributed by atoms with Crippen molar-refractivity contribution in [3.05, 3.63) is 71.2 Å². The van der Waals surface area contributed by atoms with Gasteiger partial charge in [0, 0.05) is 19.2 Å². The molecule has 4 aromatic rings. The zero-order valence-electron chi connectivity index (χ0n) is 30.7. The van der Waals surface area contributed by atoms with Gasteiger partial charge in [-0.3, -0.25) is 9.48 Å². The first-order valence-corrected chi connectivity index (χ1v) is 18.1. The van der Waals surface area contributed by atoms with Gasteiger partial charge >= 0.3 is 11.9 Å². The fourth-order valence-corrected chi connectivity index (χ4v) is 5.71. The quantitative estimate of drug-likeness (QED) is 0.0975. The number of aryl methyl sites for hydroxylation is 4. The molecule has 0 saturated heterocycles. The molecule has 4 rings (SSSR count). The zero-order valence-corrected chi connectivity index (χ0v) is 30.7. The minimum Gasteiger partial charge on any atom is -0.479 e. The predicted octanol–water partition coefficient (Wildman–Crippen LogP) is 6.82. The number of hydrogen-bond acceptors (Lipinski definition) is 10. The molecule has 12 nitrogen and oxygen atoms in total. The number of fused-ring (bicyclic) bond motifs is 1. The lowest BCUT2D eigenvalue weighted by Gasteiger charge is -2.19. The van der Waals surface area contributed by atoms with Gasteiger partial charge in [0.05, 0.1) is 30.4 Å². The number of nitrogens with zero attached hydrogens (tertiary/aromatic N) is 4. The molecular weight excluding hydrogens is 650 g/mol. The van der Waals surface area contributed by atoms with Crippen LogP contribution in [0.5, 0.6) is 11.6 Å². The van der Waals surface area contributed by atoms with Crippen LogP contribution in [0.25, 0.3) is 11.0 Å². The van der Waals surface area contributed by atoms with Crippen LogP contribution in [0, 0.1) is 5.92 Å². The van der Waals surface area contributed by atoms with E-state index in [0.717, 1.165) is 36.0 Å². The van der Waals surface area contributed by atoms with Gasteiger partial charge in [0.25, 0.3) is 0 Å². The SMILES string of the molecule is CCCc1nn(C)c2c(OCC(CCCc3ccc(C(=O)OCC)cc3)C(=O)Nc3ccc(OC(CCC)C(=O)OCC)cc3)nc(CC)nc12. The van der Waals surface area contributed by atoms with E-state index in [1.54, 1.807) is 54.9 Å². The summed E-state index contributed by atoms with van der Waals surface area (Å²) < 4.78 is 24.3. The summed E-state index contributed by atoms with van der Waals surface area (Å²) in [6, 6.07) is 14.3. The molecule has 0 spiro atoms. The van der Waals surface area contributed by atoms with E-state index in [0.29, 0.717) is 72.9 Å². The molecule has 2 aromatic heterocycles. The van der Waals surface area contributed by atoms with Crippen LogP contribution in [0.4, 0.5) is 5.69 Å². The van der Waals surface area contributed by atoms with Gasteiger partial charge in [-0.15, -0.1) is 0 Å². The standard InChI is InChI=1S/C39H51N5O7/c1-7-13-31-34-35(44(6)43-31)37(42-33(9-3)41-34)50-25-28(16-12-15-26-17-19-27(20-18-26)38(46)48-10-4)36(45)40-29-21-23-30(24-22-29)51-32(14-8-2)39(47)49-11-5/h17-24,28,32H,7-16,25H2,1-6H3,(H,40,45). The molecule has 0 radical (unpaired) electrons. The Balaban J connectivity index is 1.50. The van der Waals surface area contributed by atoms with E-state index in [9.17, 15) is 14.4 Å². The van der Waals surface area contributed by atoms with Crippen molar-refractivity contribution in [2.45, 2.75) is 92.1 Å². The summed E-state index contributed by atoms with van der Waals surface area (Å²) in [4.78, 5) is 47.7. The molecule has 51 heavy (non-hydrogen) atoms. The molecule has 1 N–H and O–H groups in total. The van der Waals surface area contributed by atoms with Crippen molar-refractivity contribution in [2.24, 2.45) is 13.0 Å². The van der Waals surface area contributed by atoms with Crippen LogP contribution in [0.1, 0.15) is 94.2 Å². The molecule has 2 unspecified atom stereocenters. The lowest BCUT2D eigenvalue weighted by Crippen LogP contribution is -2.29. The first-order valence-electron chi connectivity index (χ1n) is 18.1. The maximum Gasteiger partial charge on any atom is 0.347 e. The van der Waals surface area contributed by atoms with Crippen molar-refractivity contribution < 1.29 is 33.3 Å². The molecule has 274 valence electrons. The molecule has 0 saturated carbocycles. The monoisotopic (exact) mass is 701 g/mol. The van der Waals surface area contributed by atoms with Crippen LogP contribution >= 0.6 is 0 Å². The highest BCUT2D eigenvalue weighted by Crippen LogP contribution is 2.27. The molecule has 12 heteroatoms. The van der Waals surface area contributed by atoms with Crippen molar-refractivity contribution >= 4 is 34.6 Å². The van der Waals surface area contributed by atoms with Crippen LogP contribution in [0.15, 0.2) is 48.5 Å². The Kier molecular flexibility index (Phi) is 14.8. The molecule has 0 fully saturated rings. The van der Waals surface area contributed by atoms with E-state index in [1.165, 1.54) is 0 Å². The summed E-state index contributed by atoms with van der Waals surface area (Å²) in [7, 11) is 1.85.